The van der Waals surface area contributed by atoms with Gasteiger partial charge in [-0.25, -0.2) is 4.39 Å². The second kappa shape index (κ2) is 4.01. The lowest BCUT2D eigenvalue weighted by Crippen LogP contribution is -1.78. The summed E-state index contributed by atoms with van der Waals surface area (Å²) in [5.74, 6) is -0.274. The van der Waals surface area contributed by atoms with Gasteiger partial charge in [0, 0.05) is 10.9 Å². The summed E-state index contributed by atoms with van der Waals surface area (Å²) in [6.45, 7) is 0. The number of hydrogen-bond acceptors (Lipinski definition) is 2. The van der Waals surface area contributed by atoms with Crippen LogP contribution in [-0.2, 0) is 0 Å². The van der Waals surface area contributed by atoms with E-state index in [1.54, 1.807) is 36.6 Å². The molecule has 1 aromatic heterocycles. The predicted molar refractivity (Wildman–Crippen MR) is 66.3 cm³/mol. The number of benzene rings is 2. The first kappa shape index (κ1) is 10.5. The summed E-state index contributed by atoms with van der Waals surface area (Å²) in [6, 6.07) is 13.5. The maximum absolute atomic E-state index is 12.9. The van der Waals surface area contributed by atoms with Gasteiger partial charge in [0.15, 0.2) is 0 Å². The van der Waals surface area contributed by atoms with Crippen LogP contribution in [-0.4, -0.2) is 0 Å². The molecule has 0 atom stereocenters. The van der Waals surface area contributed by atoms with E-state index < -0.39 is 0 Å². The van der Waals surface area contributed by atoms with Crippen molar-refractivity contribution in [1.29, 1.82) is 5.26 Å². The molecule has 0 unspecified atom stereocenters. The predicted octanol–water partition coefficient (Wildman–Crippen LogP) is 4.11. The highest BCUT2D eigenvalue weighted by atomic mass is 19.1. The van der Waals surface area contributed by atoms with E-state index in [1.165, 1.54) is 12.1 Å². The largest absolute Gasteiger partial charge is 0.464 e. The molecule has 0 bridgehead atoms. The average Bonchev–Trinajstić information content (AvgIpc) is 2.82. The number of nitriles is 1. The second-order valence-electron chi connectivity index (χ2n) is 3.98. The Labute approximate surface area is 103 Å². The van der Waals surface area contributed by atoms with Crippen molar-refractivity contribution < 1.29 is 8.81 Å². The van der Waals surface area contributed by atoms with Crippen LogP contribution in [0, 0.1) is 17.1 Å². The van der Waals surface area contributed by atoms with Gasteiger partial charge in [0.2, 0.25) is 0 Å². The monoisotopic (exact) mass is 237 g/mol. The fourth-order valence-electron chi connectivity index (χ4n) is 1.95. The maximum Gasteiger partial charge on any atom is 0.134 e. The zero-order chi connectivity index (χ0) is 12.5. The van der Waals surface area contributed by atoms with E-state index in [9.17, 15) is 4.39 Å². The maximum atomic E-state index is 12.9. The molecule has 3 rings (SSSR count). The summed E-state index contributed by atoms with van der Waals surface area (Å²) < 4.78 is 18.3. The van der Waals surface area contributed by atoms with Crippen molar-refractivity contribution in [3.63, 3.8) is 0 Å². The van der Waals surface area contributed by atoms with Crippen LogP contribution < -0.4 is 0 Å². The molecular formula is C15H8FNO. The van der Waals surface area contributed by atoms with E-state index in [0.717, 1.165) is 16.5 Å². The van der Waals surface area contributed by atoms with E-state index >= 15 is 0 Å². The second-order valence-corrected chi connectivity index (χ2v) is 3.98. The van der Waals surface area contributed by atoms with Crippen molar-refractivity contribution in [2.45, 2.75) is 0 Å². The number of rotatable bonds is 1. The van der Waals surface area contributed by atoms with Gasteiger partial charge in [-0.05, 0) is 35.9 Å². The SMILES string of the molecule is N#Cc1ccc2occ(-c3ccc(F)cc3)c2c1. The number of fused-ring (bicyclic) bond motifs is 1. The zero-order valence-electron chi connectivity index (χ0n) is 9.35. The van der Waals surface area contributed by atoms with Crippen LogP contribution >= 0.6 is 0 Å². The Morgan fingerprint density at radius 1 is 1.06 bits per heavy atom. The van der Waals surface area contributed by atoms with E-state index in [2.05, 4.69) is 6.07 Å². The molecule has 18 heavy (non-hydrogen) atoms. The lowest BCUT2D eigenvalue weighted by Gasteiger charge is -1.98. The van der Waals surface area contributed by atoms with Crippen molar-refractivity contribution in [2.24, 2.45) is 0 Å². The molecule has 3 heteroatoms. The summed E-state index contributed by atoms with van der Waals surface area (Å²) in [5, 5.41) is 9.76. The molecule has 0 aliphatic rings. The van der Waals surface area contributed by atoms with Crippen molar-refractivity contribution >= 4 is 11.0 Å². The standard InChI is InChI=1S/C15H8FNO/c16-12-4-2-11(3-5-12)14-9-18-15-6-1-10(8-17)7-13(14)15/h1-7,9H. The van der Waals surface area contributed by atoms with E-state index in [0.29, 0.717) is 11.1 Å². The first-order valence-electron chi connectivity index (χ1n) is 5.45. The summed E-state index contributed by atoms with van der Waals surface area (Å²) >= 11 is 0. The highest BCUT2D eigenvalue weighted by Gasteiger charge is 2.08. The van der Waals surface area contributed by atoms with Gasteiger partial charge in [0.25, 0.3) is 0 Å². The fraction of sp³-hybridized carbons (Fsp3) is 0. The smallest absolute Gasteiger partial charge is 0.134 e. The highest BCUT2D eigenvalue weighted by molar-refractivity contribution is 5.94. The van der Waals surface area contributed by atoms with Crippen LogP contribution in [0.5, 0.6) is 0 Å². The average molecular weight is 237 g/mol. The molecule has 0 aliphatic carbocycles. The van der Waals surface area contributed by atoms with Gasteiger partial charge in [-0.15, -0.1) is 0 Å². The highest BCUT2D eigenvalue weighted by Crippen LogP contribution is 2.31. The minimum absolute atomic E-state index is 0.274. The third kappa shape index (κ3) is 1.64. The Bertz CT molecular complexity index is 750. The van der Waals surface area contributed by atoms with Crippen LogP contribution in [0.2, 0.25) is 0 Å². The molecule has 3 aromatic rings. The summed E-state index contributed by atoms with van der Waals surface area (Å²) in [6.07, 6.45) is 1.62. The Hall–Kier alpha value is -2.60. The van der Waals surface area contributed by atoms with Gasteiger partial charge in [0.05, 0.1) is 17.9 Å². The van der Waals surface area contributed by atoms with Crippen LogP contribution in [0.15, 0.2) is 53.1 Å². The van der Waals surface area contributed by atoms with Crippen molar-refractivity contribution in [3.8, 4) is 17.2 Å². The molecule has 86 valence electrons. The van der Waals surface area contributed by atoms with E-state index in [4.69, 9.17) is 9.68 Å². The molecule has 0 fully saturated rings. The van der Waals surface area contributed by atoms with Crippen LogP contribution in [0.1, 0.15) is 5.56 Å². The molecule has 2 nitrogen and oxygen atoms in total. The van der Waals surface area contributed by atoms with Crippen LogP contribution in [0.25, 0.3) is 22.1 Å². The fourth-order valence-corrected chi connectivity index (χ4v) is 1.95. The van der Waals surface area contributed by atoms with Crippen LogP contribution in [0.3, 0.4) is 0 Å². The van der Waals surface area contributed by atoms with Gasteiger partial charge in [0.1, 0.15) is 11.4 Å². The van der Waals surface area contributed by atoms with Crippen LogP contribution in [0.4, 0.5) is 4.39 Å². The quantitative estimate of drug-likeness (QED) is 0.638. The van der Waals surface area contributed by atoms with Gasteiger partial charge in [-0.3, -0.25) is 0 Å². The third-order valence-corrected chi connectivity index (χ3v) is 2.86. The van der Waals surface area contributed by atoms with Crippen molar-refractivity contribution in [2.75, 3.05) is 0 Å². The number of nitrogens with zero attached hydrogens (tertiary/aromatic N) is 1. The molecule has 0 N–H and O–H groups in total. The first-order valence-corrected chi connectivity index (χ1v) is 5.45. The normalized spacial score (nSPS) is 10.4. The van der Waals surface area contributed by atoms with Gasteiger partial charge < -0.3 is 4.42 Å². The molecule has 0 spiro atoms. The molecule has 0 radical (unpaired) electrons. The molecule has 0 amide bonds. The number of hydrogen-bond donors (Lipinski definition) is 0. The van der Waals surface area contributed by atoms with Gasteiger partial charge in [-0.1, -0.05) is 12.1 Å². The van der Waals surface area contributed by atoms with Crippen molar-refractivity contribution in [1.82, 2.24) is 0 Å². The topological polar surface area (TPSA) is 36.9 Å². The Kier molecular flexibility index (Phi) is 2.35. The van der Waals surface area contributed by atoms with Crippen molar-refractivity contribution in [3.05, 3.63) is 60.1 Å². The number of furan rings is 1. The molecule has 2 aromatic carbocycles. The Morgan fingerprint density at radius 2 is 1.83 bits per heavy atom. The zero-order valence-corrected chi connectivity index (χ0v) is 9.35. The lowest BCUT2D eigenvalue weighted by atomic mass is 10.0. The molecule has 0 saturated heterocycles. The van der Waals surface area contributed by atoms with Gasteiger partial charge in [-0.2, -0.15) is 5.26 Å². The summed E-state index contributed by atoms with van der Waals surface area (Å²) in [7, 11) is 0. The third-order valence-electron chi connectivity index (χ3n) is 2.86. The van der Waals surface area contributed by atoms with E-state index in [1.807, 2.05) is 0 Å². The van der Waals surface area contributed by atoms with E-state index in [-0.39, 0.29) is 5.82 Å². The minimum atomic E-state index is -0.274. The molecular weight excluding hydrogens is 229 g/mol. The summed E-state index contributed by atoms with van der Waals surface area (Å²) in [5.41, 5.74) is 3.02. The minimum Gasteiger partial charge on any atom is -0.464 e. The van der Waals surface area contributed by atoms with Gasteiger partial charge >= 0.3 is 0 Å². The molecule has 0 saturated carbocycles. The Balaban J connectivity index is 2.23. The number of halogens is 1. The molecule has 1 heterocycles. The summed E-state index contributed by atoms with van der Waals surface area (Å²) in [4.78, 5) is 0. The Morgan fingerprint density at radius 3 is 2.56 bits per heavy atom. The first-order chi connectivity index (χ1) is 8.78. The lowest BCUT2D eigenvalue weighted by molar-refractivity contribution is 0.616. The molecule has 0 aliphatic heterocycles.